The van der Waals surface area contributed by atoms with E-state index in [2.05, 4.69) is 36.3 Å². The second-order valence-corrected chi connectivity index (χ2v) is 6.59. The maximum atomic E-state index is 12.1. The van der Waals surface area contributed by atoms with Gasteiger partial charge in [-0.3, -0.25) is 15.0 Å². The summed E-state index contributed by atoms with van der Waals surface area (Å²) in [6.07, 6.45) is 3.37. The number of rotatable bonds is 8. The highest BCUT2D eigenvalue weighted by molar-refractivity contribution is 6.02. The zero-order valence-electron chi connectivity index (χ0n) is 15.6. The van der Waals surface area contributed by atoms with Crippen molar-refractivity contribution >= 4 is 17.6 Å². The Hall–Kier alpha value is -1.88. The van der Waals surface area contributed by atoms with Crippen LogP contribution in [0.1, 0.15) is 51.2 Å². The predicted octanol–water partition coefficient (Wildman–Crippen LogP) is 3.85. The Labute approximate surface area is 145 Å². The van der Waals surface area contributed by atoms with E-state index in [0.29, 0.717) is 0 Å². The first-order valence-electron chi connectivity index (χ1n) is 8.75. The number of anilines is 1. The molecule has 0 aliphatic carbocycles. The van der Waals surface area contributed by atoms with Crippen molar-refractivity contribution in [1.82, 2.24) is 10.2 Å². The summed E-state index contributed by atoms with van der Waals surface area (Å²) in [5, 5.41) is 5.15. The number of amides is 3. The minimum atomic E-state index is -0.482. The zero-order valence-corrected chi connectivity index (χ0v) is 15.6. The molecule has 134 valence electrons. The van der Waals surface area contributed by atoms with Crippen molar-refractivity contribution in [3.8, 4) is 0 Å². The first-order chi connectivity index (χ1) is 11.3. The third kappa shape index (κ3) is 7.13. The highest BCUT2D eigenvalue weighted by atomic mass is 16.2. The van der Waals surface area contributed by atoms with Gasteiger partial charge in [0.1, 0.15) is 0 Å². The number of carbonyl (C=O) groups is 2. The van der Waals surface area contributed by atoms with Gasteiger partial charge in [-0.05, 0) is 52.3 Å². The first-order valence-corrected chi connectivity index (χ1v) is 8.75. The monoisotopic (exact) mass is 333 g/mol. The molecule has 1 rings (SSSR count). The van der Waals surface area contributed by atoms with E-state index in [1.54, 1.807) is 0 Å². The number of urea groups is 1. The lowest BCUT2D eigenvalue weighted by molar-refractivity contribution is -0.121. The van der Waals surface area contributed by atoms with Gasteiger partial charge in [0, 0.05) is 11.7 Å². The molecular formula is C19H31N3O2. The third-order valence-electron chi connectivity index (χ3n) is 4.01. The molecule has 0 radical (unpaired) electrons. The van der Waals surface area contributed by atoms with Crippen LogP contribution in [-0.4, -0.2) is 36.0 Å². The molecule has 1 aromatic rings. The molecule has 0 fully saturated rings. The summed E-state index contributed by atoms with van der Waals surface area (Å²) >= 11 is 0. The van der Waals surface area contributed by atoms with E-state index in [-0.39, 0.29) is 18.5 Å². The lowest BCUT2D eigenvalue weighted by atomic mass is 10.1. The molecule has 0 unspecified atom stereocenters. The minimum Gasteiger partial charge on any atom is -0.307 e. The maximum Gasteiger partial charge on any atom is 0.325 e. The quantitative estimate of drug-likeness (QED) is 0.710. The van der Waals surface area contributed by atoms with E-state index in [9.17, 15) is 9.59 Å². The molecule has 3 amide bonds. The number of imide groups is 1. The standard InChI is InChI=1S/C19H31N3O2/c1-6-7-8-11-22(14(2)3)13-18(23)21-19(24)20-17-10-9-15(4)12-16(17)5/h9-10,12,14H,6-8,11,13H2,1-5H3,(H2,20,21,23,24). The number of hydrogen-bond donors (Lipinski definition) is 2. The average Bonchev–Trinajstić information content (AvgIpc) is 2.49. The van der Waals surface area contributed by atoms with Crippen LogP contribution in [0.25, 0.3) is 0 Å². The normalized spacial score (nSPS) is 11.0. The third-order valence-corrected chi connectivity index (χ3v) is 4.01. The second-order valence-electron chi connectivity index (χ2n) is 6.59. The topological polar surface area (TPSA) is 61.4 Å². The molecule has 0 bridgehead atoms. The summed E-state index contributed by atoms with van der Waals surface area (Å²) in [5.74, 6) is -0.275. The van der Waals surface area contributed by atoms with E-state index < -0.39 is 6.03 Å². The number of carbonyl (C=O) groups excluding carboxylic acids is 2. The largest absolute Gasteiger partial charge is 0.325 e. The second kappa shape index (κ2) is 10.1. The van der Waals surface area contributed by atoms with Crippen LogP contribution in [0, 0.1) is 13.8 Å². The van der Waals surface area contributed by atoms with Crippen molar-refractivity contribution in [2.45, 2.75) is 59.9 Å². The predicted molar refractivity (Wildman–Crippen MR) is 99.3 cm³/mol. The summed E-state index contributed by atoms with van der Waals surface area (Å²) < 4.78 is 0. The van der Waals surface area contributed by atoms with Crippen LogP contribution in [0.3, 0.4) is 0 Å². The highest BCUT2D eigenvalue weighted by Gasteiger charge is 2.16. The van der Waals surface area contributed by atoms with Gasteiger partial charge in [-0.15, -0.1) is 0 Å². The van der Waals surface area contributed by atoms with Gasteiger partial charge in [-0.2, -0.15) is 0 Å². The highest BCUT2D eigenvalue weighted by Crippen LogP contribution is 2.15. The Bertz CT molecular complexity index is 556. The molecule has 0 aliphatic rings. The Morgan fingerprint density at radius 2 is 1.88 bits per heavy atom. The Morgan fingerprint density at radius 3 is 2.46 bits per heavy atom. The van der Waals surface area contributed by atoms with Crippen LogP contribution in [0.2, 0.25) is 0 Å². The van der Waals surface area contributed by atoms with Crippen LogP contribution in [0.4, 0.5) is 10.5 Å². The van der Waals surface area contributed by atoms with Gasteiger partial charge in [-0.1, -0.05) is 37.5 Å². The summed E-state index contributed by atoms with van der Waals surface area (Å²) in [4.78, 5) is 26.2. The molecule has 0 atom stereocenters. The van der Waals surface area contributed by atoms with Crippen molar-refractivity contribution in [1.29, 1.82) is 0 Å². The SMILES string of the molecule is CCCCCN(CC(=O)NC(=O)Nc1ccc(C)cc1C)C(C)C. The molecule has 24 heavy (non-hydrogen) atoms. The fourth-order valence-electron chi connectivity index (χ4n) is 2.54. The van der Waals surface area contributed by atoms with Gasteiger partial charge < -0.3 is 5.32 Å². The summed E-state index contributed by atoms with van der Waals surface area (Å²) in [6.45, 7) is 11.3. The fraction of sp³-hybridized carbons (Fsp3) is 0.579. The number of nitrogens with one attached hydrogen (secondary N) is 2. The van der Waals surface area contributed by atoms with Crippen molar-refractivity contribution in [3.05, 3.63) is 29.3 Å². The van der Waals surface area contributed by atoms with Gasteiger partial charge >= 0.3 is 6.03 Å². The number of nitrogens with zero attached hydrogens (tertiary/aromatic N) is 1. The van der Waals surface area contributed by atoms with Crippen LogP contribution in [0.5, 0.6) is 0 Å². The molecule has 0 aromatic heterocycles. The molecule has 0 saturated heterocycles. The Morgan fingerprint density at radius 1 is 1.17 bits per heavy atom. The Kier molecular flexibility index (Phi) is 8.47. The smallest absolute Gasteiger partial charge is 0.307 e. The summed E-state index contributed by atoms with van der Waals surface area (Å²) in [7, 11) is 0. The molecule has 2 N–H and O–H groups in total. The zero-order chi connectivity index (χ0) is 18.1. The molecule has 1 aromatic carbocycles. The van der Waals surface area contributed by atoms with Gasteiger partial charge in [-0.25, -0.2) is 4.79 Å². The number of unbranched alkanes of at least 4 members (excludes halogenated alkanes) is 2. The molecule has 0 heterocycles. The van der Waals surface area contributed by atoms with Gasteiger partial charge in [0.25, 0.3) is 0 Å². The Balaban J connectivity index is 2.51. The van der Waals surface area contributed by atoms with Crippen LogP contribution in [-0.2, 0) is 4.79 Å². The van der Waals surface area contributed by atoms with Crippen molar-refractivity contribution < 1.29 is 9.59 Å². The van der Waals surface area contributed by atoms with Crippen molar-refractivity contribution in [3.63, 3.8) is 0 Å². The minimum absolute atomic E-state index is 0.238. The van der Waals surface area contributed by atoms with E-state index in [4.69, 9.17) is 0 Å². The molecular weight excluding hydrogens is 302 g/mol. The lowest BCUT2D eigenvalue weighted by Crippen LogP contribution is -2.44. The van der Waals surface area contributed by atoms with Crippen LogP contribution in [0.15, 0.2) is 18.2 Å². The van der Waals surface area contributed by atoms with E-state index in [1.807, 2.05) is 32.0 Å². The number of aryl methyl sites for hydroxylation is 2. The van der Waals surface area contributed by atoms with Crippen LogP contribution >= 0.6 is 0 Å². The number of benzene rings is 1. The van der Waals surface area contributed by atoms with Crippen molar-refractivity contribution in [2.24, 2.45) is 0 Å². The molecule has 5 nitrogen and oxygen atoms in total. The summed E-state index contributed by atoms with van der Waals surface area (Å²) in [5.41, 5.74) is 2.82. The first kappa shape index (κ1) is 20.2. The fourth-order valence-corrected chi connectivity index (χ4v) is 2.54. The van der Waals surface area contributed by atoms with E-state index >= 15 is 0 Å². The van der Waals surface area contributed by atoms with Gasteiger partial charge in [0.15, 0.2) is 0 Å². The molecule has 0 spiro atoms. The molecule has 5 heteroatoms. The average molecular weight is 333 g/mol. The molecule has 0 aliphatic heterocycles. The lowest BCUT2D eigenvalue weighted by Gasteiger charge is -2.25. The van der Waals surface area contributed by atoms with E-state index in [1.165, 1.54) is 0 Å². The van der Waals surface area contributed by atoms with Crippen molar-refractivity contribution in [2.75, 3.05) is 18.4 Å². The molecule has 0 saturated carbocycles. The van der Waals surface area contributed by atoms with Gasteiger partial charge in [0.2, 0.25) is 5.91 Å². The number of hydrogen-bond acceptors (Lipinski definition) is 3. The van der Waals surface area contributed by atoms with E-state index in [0.717, 1.165) is 42.6 Å². The van der Waals surface area contributed by atoms with Gasteiger partial charge in [0.05, 0.1) is 6.54 Å². The van der Waals surface area contributed by atoms with Crippen LogP contribution < -0.4 is 10.6 Å². The summed E-state index contributed by atoms with van der Waals surface area (Å²) in [6, 6.07) is 5.56. The maximum absolute atomic E-state index is 12.1.